The van der Waals surface area contributed by atoms with E-state index < -0.39 is 5.91 Å². The number of benzene rings is 1. The highest BCUT2D eigenvalue weighted by Gasteiger charge is 2.10. The molecule has 3 amide bonds. The largest absolute Gasteiger partial charge is 0.326 e. The van der Waals surface area contributed by atoms with E-state index in [2.05, 4.69) is 21.5 Å². The topological polar surface area (TPSA) is 99.3 Å². The summed E-state index contributed by atoms with van der Waals surface area (Å²) < 4.78 is 0. The van der Waals surface area contributed by atoms with Crippen LogP contribution in [0.1, 0.15) is 50.9 Å². The smallest absolute Gasteiger partial charge is 0.269 e. The Bertz CT molecular complexity index is 657. The minimum Gasteiger partial charge on any atom is -0.326 e. The molecule has 8 heteroatoms. The van der Waals surface area contributed by atoms with Gasteiger partial charge in [-0.15, -0.1) is 0 Å². The van der Waals surface area contributed by atoms with Crippen LogP contribution in [0.4, 0.5) is 5.69 Å². The zero-order chi connectivity index (χ0) is 19.7. The third kappa shape index (κ3) is 8.57. The SMILES string of the molecule is CC(C)CC(=O)NC(=S)NNC(=O)c1ccc(NC(=O)CC(C)C)cc1. The van der Waals surface area contributed by atoms with Gasteiger partial charge in [0.1, 0.15) is 0 Å². The van der Waals surface area contributed by atoms with Crippen LogP contribution in [0, 0.1) is 11.8 Å². The molecule has 7 nitrogen and oxygen atoms in total. The average molecular weight is 378 g/mol. The zero-order valence-electron chi connectivity index (χ0n) is 15.5. The molecule has 0 saturated heterocycles. The van der Waals surface area contributed by atoms with Crippen molar-refractivity contribution in [1.82, 2.24) is 16.2 Å². The molecule has 1 aromatic rings. The number of carbonyl (C=O) groups excluding carboxylic acids is 3. The molecule has 142 valence electrons. The predicted molar refractivity (Wildman–Crippen MR) is 105 cm³/mol. The molecule has 4 N–H and O–H groups in total. The molecule has 0 aliphatic carbocycles. The van der Waals surface area contributed by atoms with Crippen molar-refractivity contribution < 1.29 is 14.4 Å². The lowest BCUT2D eigenvalue weighted by Gasteiger charge is -2.12. The third-order valence-corrected chi connectivity index (χ3v) is 3.36. The van der Waals surface area contributed by atoms with Gasteiger partial charge in [0.15, 0.2) is 5.11 Å². The van der Waals surface area contributed by atoms with Gasteiger partial charge in [0.05, 0.1) is 0 Å². The normalized spacial score (nSPS) is 10.4. The maximum absolute atomic E-state index is 12.1. The van der Waals surface area contributed by atoms with Crippen LogP contribution in [0.25, 0.3) is 0 Å². The molecule has 0 aliphatic heterocycles. The average Bonchev–Trinajstić information content (AvgIpc) is 2.51. The Balaban J connectivity index is 2.46. The van der Waals surface area contributed by atoms with Crippen LogP contribution in [-0.2, 0) is 9.59 Å². The van der Waals surface area contributed by atoms with Crippen LogP contribution in [0.15, 0.2) is 24.3 Å². The van der Waals surface area contributed by atoms with Crippen molar-refractivity contribution in [2.75, 3.05) is 5.32 Å². The molecule has 0 heterocycles. The van der Waals surface area contributed by atoms with E-state index in [1.54, 1.807) is 24.3 Å². The number of hydrazine groups is 1. The van der Waals surface area contributed by atoms with Gasteiger partial charge in [-0.1, -0.05) is 27.7 Å². The second kappa shape index (κ2) is 10.5. The number of amides is 3. The fraction of sp³-hybridized carbons (Fsp3) is 0.444. The van der Waals surface area contributed by atoms with E-state index in [0.717, 1.165) is 0 Å². The van der Waals surface area contributed by atoms with Gasteiger partial charge in [0.25, 0.3) is 5.91 Å². The Kier molecular flexibility index (Phi) is 8.71. The van der Waals surface area contributed by atoms with Crippen LogP contribution in [0.5, 0.6) is 0 Å². The standard InChI is InChI=1S/C18H26N4O3S/c1-11(2)9-15(23)19-14-7-5-13(6-8-14)17(25)21-22-18(26)20-16(24)10-12(3)4/h5-8,11-12H,9-10H2,1-4H3,(H,19,23)(H,21,25)(H2,20,22,24,26). The molecule has 1 aromatic carbocycles. The van der Waals surface area contributed by atoms with Crippen LogP contribution >= 0.6 is 12.2 Å². The summed E-state index contributed by atoms with van der Waals surface area (Å²) >= 11 is 4.95. The molecule has 0 spiro atoms. The first-order valence-electron chi connectivity index (χ1n) is 8.47. The number of rotatable bonds is 6. The minimum atomic E-state index is -0.412. The molecule has 0 fully saturated rings. The fourth-order valence-electron chi connectivity index (χ4n) is 2.05. The van der Waals surface area contributed by atoms with E-state index in [-0.39, 0.29) is 28.8 Å². The van der Waals surface area contributed by atoms with Crippen LogP contribution < -0.4 is 21.5 Å². The third-order valence-electron chi connectivity index (χ3n) is 3.16. The second-order valence-corrected chi connectivity index (χ2v) is 7.19. The van der Waals surface area contributed by atoms with Gasteiger partial charge in [0, 0.05) is 24.1 Å². The summed E-state index contributed by atoms with van der Waals surface area (Å²) in [4.78, 5) is 35.4. The molecule has 0 bridgehead atoms. The van der Waals surface area contributed by atoms with Crippen molar-refractivity contribution in [2.24, 2.45) is 11.8 Å². The molecule has 0 aromatic heterocycles. The van der Waals surface area contributed by atoms with Gasteiger partial charge in [-0.25, -0.2) is 0 Å². The van der Waals surface area contributed by atoms with E-state index in [0.29, 0.717) is 24.1 Å². The van der Waals surface area contributed by atoms with Gasteiger partial charge in [-0.05, 0) is 48.3 Å². The quantitative estimate of drug-likeness (QED) is 0.450. The summed E-state index contributed by atoms with van der Waals surface area (Å²) in [6, 6.07) is 6.47. The summed E-state index contributed by atoms with van der Waals surface area (Å²) in [5.74, 6) is -0.206. The summed E-state index contributed by atoms with van der Waals surface area (Å²) in [6.07, 6.45) is 0.784. The Hall–Kier alpha value is -2.48. The van der Waals surface area contributed by atoms with Crippen molar-refractivity contribution >= 4 is 40.7 Å². The van der Waals surface area contributed by atoms with E-state index in [4.69, 9.17) is 12.2 Å². The van der Waals surface area contributed by atoms with Crippen molar-refractivity contribution in [2.45, 2.75) is 40.5 Å². The Morgan fingerprint density at radius 2 is 1.42 bits per heavy atom. The van der Waals surface area contributed by atoms with E-state index >= 15 is 0 Å². The highest BCUT2D eigenvalue weighted by molar-refractivity contribution is 7.80. The molecule has 0 atom stereocenters. The Morgan fingerprint density at radius 3 is 1.96 bits per heavy atom. The molecular formula is C18H26N4O3S. The van der Waals surface area contributed by atoms with Crippen molar-refractivity contribution in [3.63, 3.8) is 0 Å². The maximum atomic E-state index is 12.1. The number of hydrogen-bond donors (Lipinski definition) is 4. The molecule has 1 rings (SSSR count). The summed E-state index contributed by atoms with van der Waals surface area (Å²) in [6.45, 7) is 7.78. The number of carbonyl (C=O) groups is 3. The van der Waals surface area contributed by atoms with E-state index in [9.17, 15) is 14.4 Å². The lowest BCUT2D eigenvalue weighted by atomic mass is 10.1. The molecule has 0 saturated carbocycles. The summed E-state index contributed by atoms with van der Waals surface area (Å²) in [5.41, 5.74) is 5.90. The van der Waals surface area contributed by atoms with Crippen LogP contribution in [0.3, 0.4) is 0 Å². The van der Waals surface area contributed by atoms with Crippen molar-refractivity contribution in [3.05, 3.63) is 29.8 Å². The van der Waals surface area contributed by atoms with Gasteiger partial charge in [-0.2, -0.15) is 0 Å². The maximum Gasteiger partial charge on any atom is 0.269 e. The molecule has 0 unspecified atom stereocenters. The molecule has 0 aliphatic rings. The van der Waals surface area contributed by atoms with Gasteiger partial charge in [-0.3, -0.25) is 25.2 Å². The fourth-order valence-corrected chi connectivity index (χ4v) is 2.22. The van der Waals surface area contributed by atoms with Crippen LogP contribution in [-0.4, -0.2) is 22.8 Å². The molecule has 26 heavy (non-hydrogen) atoms. The Labute approximate surface area is 159 Å². The molecular weight excluding hydrogens is 352 g/mol. The number of anilines is 1. The van der Waals surface area contributed by atoms with Crippen molar-refractivity contribution in [3.8, 4) is 0 Å². The van der Waals surface area contributed by atoms with Crippen molar-refractivity contribution in [1.29, 1.82) is 0 Å². The number of nitrogens with one attached hydrogen (secondary N) is 4. The van der Waals surface area contributed by atoms with Crippen LogP contribution in [0.2, 0.25) is 0 Å². The first kappa shape index (κ1) is 21.6. The number of thiocarbonyl (C=S) groups is 1. The zero-order valence-corrected chi connectivity index (χ0v) is 16.3. The van der Waals surface area contributed by atoms with Gasteiger partial charge in [0.2, 0.25) is 11.8 Å². The minimum absolute atomic E-state index is 0.0292. The highest BCUT2D eigenvalue weighted by Crippen LogP contribution is 2.11. The second-order valence-electron chi connectivity index (χ2n) is 6.78. The summed E-state index contributed by atoms with van der Waals surface area (Å²) in [5, 5.41) is 5.28. The van der Waals surface area contributed by atoms with E-state index in [1.807, 2.05) is 27.7 Å². The Morgan fingerprint density at radius 1 is 0.885 bits per heavy atom. The summed E-state index contributed by atoms with van der Waals surface area (Å²) in [7, 11) is 0. The lowest BCUT2D eigenvalue weighted by molar-refractivity contribution is -0.120. The van der Waals surface area contributed by atoms with E-state index in [1.165, 1.54) is 0 Å². The highest BCUT2D eigenvalue weighted by atomic mass is 32.1. The van der Waals surface area contributed by atoms with Gasteiger partial charge < -0.3 is 10.6 Å². The lowest BCUT2D eigenvalue weighted by Crippen LogP contribution is -2.48. The first-order chi connectivity index (χ1) is 12.2. The monoisotopic (exact) mass is 378 g/mol. The predicted octanol–water partition coefficient (Wildman–Crippen LogP) is 2.35. The van der Waals surface area contributed by atoms with Gasteiger partial charge >= 0.3 is 0 Å². The number of hydrogen-bond acceptors (Lipinski definition) is 4. The molecule has 0 radical (unpaired) electrons. The first-order valence-corrected chi connectivity index (χ1v) is 8.88.